The third kappa shape index (κ3) is 3.93. The maximum Gasteiger partial charge on any atom is 1.00 e. The number of hydrogen-bond donors (Lipinski definition) is 2. The first-order valence-electron chi connectivity index (χ1n) is 2.27. The first kappa shape index (κ1) is 12.7. The van der Waals surface area contributed by atoms with Gasteiger partial charge < -0.3 is 10.2 Å². The molecule has 0 aliphatic carbocycles. The van der Waals surface area contributed by atoms with Crippen molar-refractivity contribution in [1.29, 1.82) is 0 Å². The quantitative estimate of drug-likeness (QED) is 0.269. The molecule has 0 heterocycles. The number of phenols is 2. The van der Waals surface area contributed by atoms with Crippen molar-refractivity contribution in [3.8, 4) is 11.5 Å². The summed E-state index contributed by atoms with van der Waals surface area (Å²) in [5.74, 6) is 0.339. The Morgan fingerprint density at radius 3 is 1.10 bits per heavy atom. The second kappa shape index (κ2) is 5.77. The predicted octanol–water partition coefficient (Wildman–Crippen LogP) is -4.89. The second-order valence-electron chi connectivity index (χ2n) is 1.52. The van der Waals surface area contributed by atoms with Gasteiger partial charge >= 0.3 is 37.7 Å². The SMILES string of the molecule is Oc1ccc(O)cc1.[Li+].[Li+]. The van der Waals surface area contributed by atoms with Gasteiger partial charge in [-0.05, 0) is 24.3 Å². The van der Waals surface area contributed by atoms with Gasteiger partial charge in [0.15, 0.2) is 0 Å². The molecule has 0 saturated carbocycles. The topological polar surface area (TPSA) is 40.5 Å². The van der Waals surface area contributed by atoms with E-state index in [-0.39, 0.29) is 49.2 Å². The zero-order chi connectivity index (χ0) is 5.98. The molecular formula is C6H6Li2O2+2. The summed E-state index contributed by atoms with van der Waals surface area (Å²) in [6.07, 6.45) is 0. The van der Waals surface area contributed by atoms with Crippen LogP contribution in [0.25, 0.3) is 0 Å². The van der Waals surface area contributed by atoms with E-state index < -0.39 is 0 Å². The first-order valence-corrected chi connectivity index (χ1v) is 2.27. The Morgan fingerprint density at radius 1 is 0.700 bits per heavy atom. The molecule has 2 N–H and O–H groups in total. The Morgan fingerprint density at radius 2 is 0.900 bits per heavy atom. The van der Waals surface area contributed by atoms with E-state index in [1.165, 1.54) is 24.3 Å². The summed E-state index contributed by atoms with van der Waals surface area (Å²) in [5, 5.41) is 17.3. The van der Waals surface area contributed by atoms with Crippen LogP contribution in [-0.2, 0) is 0 Å². The summed E-state index contributed by atoms with van der Waals surface area (Å²) in [4.78, 5) is 0. The number of benzene rings is 1. The Bertz CT molecular complexity index is 153. The molecule has 0 spiro atoms. The van der Waals surface area contributed by atoms with E-state index in [0.29, 0.717) is 0 Å². The van der Waals surface area contributed by atoms with Gasteiger partial charge in [-0.2, -0.15) is 0 Å². The minimum Gasteiger partial charge on any atom is -0.508 e. The van der Waals surface area contributed by atoms with E-state index in [4.69, 9.17) is 10.2 Å². The predicted molar refractivity (Wildman–Crippen MR) is 29.8 cm³/mol. The number of hydrogen-bond acceptors (Lipinski definition) is 2. The van der Waals surface area contributed by atoms with Crippen LogP contribution in [0.5, 0.6) is 11.5 Å². The largest absolute Gasteiger partial charge is 1.00 e. The number of aromatic hydroxyl groups is 2. The van der Waals surface area contributed by atoms with Crippen LogP contribution < -0.4 is 37.7 Å². The van der Waals surface area contributed by atoms with Crippen molar-refractivity contribution in [3.05, 3.63) is 24.3 Å². The van der Waals surface area contributed by atoms with Gasteiger partial charge in [0.2, 0.25) is 0 Å². The molecule has 0 radical (unpaired) electrons. The van der Waals surface area contributed by atoms with Gasteiger partial charge in [-0.1, -0.05) is 0 Å². The molecule has 0 aliphatic rings. The van der Waals surface area contributed by atoms with Crippen LogP contribution in [0.1, 0.15) is 0 Å². The zero-order valence-corrected chi connectivity index (χ0v) is 6.20. The van der Waals surface area contributed by atoms with Gasteiger partial charge in [-0.25, -0.2) is 0 Å². The Hall–Kier alpha value is 0.0148. The molecule has 10 heavy (non-hydrogen) atoms. The fourth-order valence-corrected chi connectivity index (χ4v) is 0.453. The number of phenolic OH excluding ortho intramolecular Hbond substituents is 2. The van der Waals surface area contributed by atoms with Crippen LogP contribution in [0.2, 0.25) is 0 Å². The average molecular weight is 124 g/mol. The van der Waals surface area contributed by atoms with Crippen molar-refractivity contribution in [2.75, 3.05) is 0 Å². The fourth-order valence-electron chi connectivity index (χ4n) is 0.453. The van der Waals surface area contributed by atoms with Crippen molar-refractivity contribution in [1.82, 2.24) is 0 Å². The summed E-state index contributed by atoms with van der Waals surface area (Å²) < 4.78 is 0. The molecule has 0 bridgehead atoms. The van der Waals surface area contributed by atoms with Gasteiger partial charge in [0.05, 0.1) is 0 Å². The smallest absolute Gasteiger partial charge is 0.508 e. The van der Waals surface area contributed by atoms with E-state index in [1.807, 2.05) is 0 Å². The van der Waals surface area contributed by atoms with E-state index in [0.717, 1.165) is 0 Å². The maximum absolute atomic E-state index is 8.65. The summed E-state index contributed by atoms with van der Waals surface area (Å²) in [6.45, 7) is 0. The minimum absolute atomic E-state index is 0. The van der Waals surface area contributed by atoms with Crippen molar-refractivity contribution in [3.63, 3.8) is 0 Å². The molecule has 0 aliphatic heterocycles. The standard InChI is InChI=1S/C6H6O2.2Li/c7-5-1-2-6(8)4-3-5;;/h1-4,7-8H;;/q;2*+1. The second-order valence-corrected chi connectivity index (χ2v) is 1.52. The van der Waals surface area contributed by atoms with Crippen LogP contribution in [0.4, 0.5) is 0 Å². The molecule has 0 atom stereocenters. The van der Waals surface area contributed by atoms with Gasteiger partial charge in [0.25, 0.3) is 0 Å². The molecule has 0 saturated heterocycles. The van der Waals surface area contributed by atoms with E-state index in [9.17, 15) is 0 Å². The number of rotatable bonds is 0. The van der Waals surface area contributed by atoms with E-state index in [1.54, 1.807) is 0 Å². The van der Waals surface area contributed by atoms with Crippen molar-refractivity contribution in [2.45, 2.75) is 0 Å². The molecule has 4 heteroatoms. The molecule has 1 aromatic carbocycles. The molecule has 0 aromatic heterocycles. The molecule has 0 fully saturated rings. The summed E-state index contributed by atoms with van der Waals surface area (Å²) >= 11 is 0. The average Bonchev–Trinajstić information content (AvgIpc) is 1.77. The zero-order valence-electron chi connectivity index (χ0n) is 6.20. The van der Waals surface area contributed by atoms with Gasteiger partial charge in [0, 0.05) is 0 Å². The molecule has 42 valence electrons. The monoisotopic (exact) mass is 124 g/mol. The van der Waals surface area contributed by atoms with E-state index >= 15 is 0 Å². The van der Waals surface area contributed by atoms with Crippen molar-refractivity contribution in [2.24, 2.45) is 0 Å². The molecule has 0 unspecified atom stereocenters. The first-order chi connectivity index (χ1) is 3.79. The maximum atomic E-state index is 8.65. The Labute approximate surface area is 83.6 Å². The molecule has 1 rings (SSSR count). The van der Waals surface area contributed by atoms with Crippen LogP contribution in [-0.4, -0.2) is 10.2 Å². The van der Waals surface area contributed by atoms with Crippen LogP contribution >= 0.6 is 0 Å². The summed E-state index contributed by atoms with van der Waals surface area (Å²) in [5.41, 5.74) is 0. The summed E-state index contributed by atoms with van der Waals surface area (Å²) in [6, 6.07) is 5.70. The van der Waals surface area contributed by atoms with Crippen LogP contribution in [0, 0.1) is 0 Å². The third-order valence-electron chi connectivity index (χ3n) is 0.850. The van der Waals surface area contributed by atoms with Crippen molar-refractivity contribution >= 4 is 0 Å². The third-order valence-corrected chi connectivity index (χ3v) is 0.850. The van der Waals surface area contributed by atoms with Crippen molar-refractivity contribution < 1.29 is 47.9 Å². The summed E-state index contributed by atoms with van der Waals surface area (Å²) in [7, 11) is 0. The Kier molecular flexibility index (Phi) is 7.32. The van der Waals surface area contributed by atoms with E-state index in [2.05, 4.69) is 0 Å². The molecule has 1 aromatic rings. The molecular weight excluding hydrogens is 118 g/mol. The van der Waals surface area contributed by atoms with Gasteiger partial charge in [-0.15, -0.1) is 0 Å². The normalized spacial score (nSPS) is 7.20. The van der Waals surface area contributed by atoms with Gasteiger partial charge in [-0.3, -0.25) is 0 Å². The minimum atomic E-state index is 0. The fraction of sp³-hybridized carbons (Fsp3) is 0. The van der Waals surface area contributed by atoms with Crippen LogP contribution in [0.3, 0.4) is 0 Å². The molecule has 0 amide bonds. The van der Waals surface area contributed by atoms with Gasteiger partial charge in [0.1, 0.15) is 11.5 Å². The van der Waals surface area contributed by atoms with Crippen LogP contribution in [0.15, 0.2) is 24.3 Å². The Balaban J connectivity index is 0. The molecule has 2 nitrogen and oxygen atoms in total.